The van der Waals surface area contributed by atoms with Gasteiger partial charge in [0.1, 0.15) is 5.00 Å². The molecule has 1 aliphatic rings. The molecule has 0 saturated carbocycles. The standard InChI is InChI=1S/C14H21N3O2S/c15-13(19)11-6-9-20-14(11)16-12(18)10-17-7-4-2-1-3-5-8-17/h6,9H,1-5,7-8,10H2,(H2,15,19)(H,16,18)/p+1. The normalized spacial score (nSPS) is 17.2. The van der Waals surface area contributed by atoms with Gasteiger partial charge in [-0.15, -0.1) is 11.3 Å². The molecular formula is C14H22N3O2S+. The van der Waals surface area contributed by atoms with Crippen LogP contribution in [0.4, 0.5) is 5.00 Å². The molecule has 1 fully saturated rings. The van der Waals surface area contributed by atoms with E-state index in [0.29, 0.717) is 17.1 Å². The van der Waals surface area contributed by atoms with Gasteiger partial charge in [-0.2, -0.15) is 0 Å². The first-order chi connectivity index (χ1) is 9.66. The predicted molar refractivity (Wildman–Crippen MR) is 80.1 cm³/mol. The van der Waals surface area contributed by atoms with Gasteiger partial charge >= 0.3 is 0 Å². The molecule has 1 aromatic rings. The van der Waals surface area contributed by atoms with Gasteiger partial charge in [0.15, 0.2) is 6.54 Å². The van der Waals surface area contributed by atoms with Gasteiger partial charge in [0.05, 0.1) is 18.7 Å². The first-order valence-electron chi connectivity index (χ1n) is 7.17. The Balaban J connectivity index is 1.87. The summed E-state index contributed by atoms with van der Waals surface area (Å²) >= 11 is 1.33. The molecule has 2 heterocycles. The second-order valence-electron chi connectivity index (χ2n) is 5.27. The van der Waals surface area contributed by atoms with Crippen molar-refractivity contribution in [3.05, 3.63) is 17.0 Å². The van der Waals surface area contributed by atoms with E-state index < -0.39 is 5.91 Å². The molecular weight excluding hydrogens is 274 g/mol. The van der Waals surface area contributed by atoms with Crippen molar-refractivity contribution in [3.8, 4) is 0 Å². The first kappa shape index (κ1) is 15.0. The Bertz CT molecular complexity index is 465. The van der Waals surface area contributed by atoms with Gasteiger partial charge in [-0.1, -0.05) is 6.42 Å². The molecule has 6 heteroatoms. The minimum atomic E-state index is -0.500. The molecule has 0 atom stereocenters. The van der Waals surface area contributed by atoms with Gasteiger partial charge in [0.2, 0.25) is 0 Å². The average molecular weight is 296 g/mol. The fraction of sp³-hybridized carbons (Fsp3) is 0.571. The third kappa shape index (κ3) is 4.31. The summed E-state index contributed by atoms with van der Waals surface area (Å²) in [5, 5.41) is 5.14. The largest absolute Gasteiger partial charge is 0.366 e. The molecule has 1 aromatic heterocycles. The maximum Gasteiger partial charge on any atom is 0.280 e. The van der Waals surface area contributed by atoms with Crippen molar-refractivity contribution in [2.45, 2.75) is 32.1 Å². The number of thiophene rings is 1. The van der Waals surface area contributed by atoms with Crippen molar-refractivity contribution in [1.29, 1.82) is 0 Å². The van der Waals surface area contributed by atoms with E-state index in [4.69, 9.17) is 5.73 Å². The van der Waals surface area contributed by atoms with E-state index in [-0.39, 0.29) is 5.91 Å². The Morgan fingerprint density at radius 3 is 2.50 bits per heavy atom. The summed E-state index contributed by atoms with van der Waals surface area (Å²) in [7, 11) is 0. The van der Waals surface area contributed by atoms with Gasteiger partial charge in [-0.25, -0.2) is 0 Å². The molecule has 5 nitrogen and oxygen atoms in total. The van der Waals surface area contributed by atoms with Crippen LogP contribution in [0.5, 0.6) is 0 Å². The molecule has 2 rings (SSSR count). The van der Waals surface area contributed by atoms with E-state index in [1.54, 1.807) is 11.4 Å². The lowest BCUT2D eigenvalue weighted by Gasteiger charge is -2.21. The number of rotatable bonds is 4. The molecule has 0 radical (unpaired) electrons. The van der Waals surface area contributed by atoms with Gasteiger partial charge in [-0.3, -0.25) is 9.59 Å². The van der Waals surface area contributed by atoms with Crippen molar-refractivity contribution < 1.29 is 14.5 Å². The van der Waals surface area contributed by atoms with E-state index in [0.717, 1.165) is 13.1 Å². The smallest absolute Gasteiger partial charge is 0.280 e. The number of nitrogens with one attached hydrogen (secondary N) is 2. The van der Waals surface area contributed by atoms with Crippen LogP contribution in [0.15, 0.2) is 11.4 Å². The second kappa shape index (κ2) is 7.40. The summed E-state index contributed by atoms with van der Waals surface area (Å²) in [6.45, 7) is 2.58. The van der Waals surface area contributed by atoms with Crippen LogP contribution in [0, 0.1) is 0 Å². The minimum Gasteiger partial charge on any atom is -0.366 e. The van der Waals surface area contributed by atoms with Crippen LogP contribution in [0.3, 0.4) is 0 Å². The number of hydrogen-bond acceptors (Lipinski definition) is 3. The molecule has 0 unspecified atom stereocenters. The first-order valence-corrected chi connectivity index (χ1v) is 8.05. The highest BCUT2D eigenvalue weighted by atomic mass is 32.1. The van der Waals surface area contributed by atoms with Crippen molar-refractivity contribution in [1.82, 2.24) is 0 Å². The monoisotopic (exact) mass is 296 g/mol. The molecule has 20 heavy (non-hydrogen) atoms. The lowest BCUT2D eigenvalue weighted by Crippen LogP contribution is -3.13. The molecule has 1 aliphatic heterocycles. The third-order valence-corrected chi connectivity index (χ3v) is 4.48. The zero-order chi connectivity index (χ0) is 14.4. The van der Waals surface area contributed by atoms with Crippen molar-refractivity contribution in [2.75, 3.05) is 25.0 Å². The van der Waals surface area contributed by atoms with Crippen LogP contribution in [-0.2, 0) is 4.79 Å². The lowest BCUT2D eigenvalue weighted by molar-refractivity contribution is -0.892. The Morgan fingerprint density at radius 1 is 1.20 bits per heavy atom. The van der Waals surface area contributed by atoms with E-state index >= 15 is 0 Å². The van der Waals surface area contributed by atoms with Gasteiger partial charge in [0, 0.05) is 0 Å². The highest BCUT2D eigenvalue weighted by Crippen LogP contribution is 2.22. The maximum atomic E-state index is 12.1. The van der Waals surface area contributed by atoms with Crippen molar-refractivity contribution in [3.63, 3.8) is 0 Å². The molecule has 1 saturated heterocycles. The van der Waals surface area contributed by atoms with Crippen LogP contribution in [0.1, 0.15) is 42.5 Å². The summed E-state index contributed by atoms with van der Waals surface area (Å²) in [5.74, 6) is -0.536. The van der Waals surface area contributed by atoms with Gasteiger partial charge in [-0.05, 0) is 37.1 Å². The molecule has 0 bridgehead atoms. The predicted octanol–water partition coefficient (Wildman–Crippen LogP) is 0.634. The summed E-state index contributed by atoms with van der Waals surface area (Å²) in [5.41, 5.74) is 5.66. The zero-order valence-electron chi connectivity index (χ0n) is 11.6. The van der Waals surface area contributed by atoms with E-state index in [9.17, 15) is 9.59 Å². The third-order valence-electron chi connectivity index (χ3n) is 3.65. The van der Waals surface area contributed by atoms with Gasteiger partial charge < -0.3 is 16.0 Å². The number of hydrogen-bond donors (Lipinski definition) is 3. The quantitative estimate of drug-likeness (QED) is 0.762. The van der Waals surface area contributed by atoms with E-state index in [1.807, 2.05) is 0 Å². The minimum absolute atomic E-state index is 0.0366. The number of amides is 2. The number of anilines is 1. The average Bonchev–Trinajstić information content (AvgIpc) is 2.80. The van der Waals surface area contributed by atoms with Crippen LogP contribution in [0.25, 0.3) is 0 Å². The number of carbonyl (C=O) groups is 2. The van der Waals surface area contributed by atoms with E-state index in [1.165, 1.54) is 48.3 Å². The highest BCUT2D eigenvalue weighted by Gasteiger charge is 2.18. The number of quaternary nitrogens is 1. The van der Waals surface area contributed by atoms with Crippen LogP contribution in [0.2, 0.25) is 0 Å². The maximum absolute atomic E-state index is 12.1. The molecule has 0 aromatic carbocycles. The lowest BCUT2D eigenvalue weighted by atomic mass is 10.1. The summed E-state index contributed by atoms with van der Waals surface area (Å²) in [6, 6.07) is 1.64. The zero-order valence-corrected chi connectivity index (χ0v) is 12.4. The van der Waals surface area contributed by atoms with Crippen LogP contribution < -0.4 is 16.0 Å². The summed E-state index contributed by atoms with van der Waals surface area (Å²) in [4.78, 5) is 24.6. The highest BCUT2D eigenvalue weighted by molar-refractivity contribution is 7.14. The Labute approximate surface area is 123 Å². The number of carbonyl (C=O) groups excluding carboxylic acids is 2. The van der Waals surface area contributed by atoms with Crippen molar-refractivity contribution >= 4 is 28.2 Å². The molecule has 4 N–H and O–H groups in total. The van der Waals surface area contributed by atoms with E-state index in [2.05, 4.69) is 5.32 Å². The number of primary amides is 1. The number of likely N-dealkylation sites (tertiary alicyclic amines) is 1. The molecule has 0 aliphatic carbocycles. The van der Waals surface area contributed by atoms with Crippen molar-refractivity contribution in [2.24, 2.45) is 5.73 Å². The Morgan fingerprint density at radius 2 is 1.85 bits per heavy atom. The topological polar surface area (TPSA) is 76.6 Å². The summed E-state index contributed by atoms with van der Waals surface area (Å²) < 4.78 is 0. The second-order valence-corrected chi connectivity index (χ2v) is 6.19. The molecule has 110 valence electrons. The molecule has 0 spiro atoms. The Kier molecular flexibility index (Phi) is 5.55. The van der Waals surface area contributed by atoms with Crippen LogP contribution in [-0.4, -0.2) is 31.4 Å². The molecule has 2 amide bonds. The summed E-state index contributed by atoms with van der Waals surface area (Å²) in [6.07, 6.45) is 6.22. The Hall–Kier alpha value is -1.40. The number of nitrogens with two attached hydrogens (primary N) is 1. The fourth-order valence-corrected chi connectivity index (χ4v) is 3.39. The van der Waals surface area contributed by atoms with Crippen LogP contribution >= 0.6 is 11.3 Å². The SMILES string of the molecule is NC(=O)c1ccsc1NC(=O)C[NH+]1CCCCCCC1. The fourth-order valence-electron chi connectivity index (χ4n) is 2.58. The van der Waals surface area contributed by atoms with Gasteiger partial charge in [0.25, 0.3) is 11.8 Å².